The summed E-state index contributed by atoms with van der Waals surface area (Å²) in [4.78, 5) is 13.8. The zero-order valence-corrected chi connectivity index (χ0v) is 11.2. The molecule has 1 saturated heterocycles. The van der Waals surface area contributed by atoms with Crippen LogP contribution in [0.3, 0.4) is 0 Å². The molecule has 0 aromatic heterocycles. The van der Waals surface area contributed by atoms with Gasteiger partial charge in [-0.3, -0.25) is 9.69 Å². The number of carbonyl (C=O) groups excluding carboxylic acids is 1. The van der Waals surface area contributed by atoms with Crippen LogP contribution in [0.15, 0.2) is 0 Å². The van der Waals surface area contributed by atoms with Gasteiger partial charge in [-0.1, -0.05) is 6.92 Å². The molecule has 1 heterocycles. The highest BCUT2D eigenvalue weighted by atomic mass is 16.5. The van der Waals surface area contributed by atoms with Gasteiger partial charge in [0.05, 0.1) is 18.2 Å². The van der Waals surface area contributed by atoms with Crippen LogP contribution < -0.4 is 11.1 Å². The number of carbonyl (C=O) groups is 1. The molecule has 0 radical (unpaired) electrons. The zero-order chi connectivity index (χ0) is 12.9. The predicted octanol–water partition coefficient (Wildman–Crippen LogP) is -0.0493. The average molecular weight is 243 g/mol. The highest BCUT2D eigenvalue weighted by Gasteiger charge is 2.26. The Hall–Kier alpha value is -0.650. The van der Waals surface area contributed by atoms with E-state index in [1.54, 1.807) is 0 Å². The van der Waals surface area contributed by atoms with E-state index in [2.05, 4.69) is 24.1 Å². The second kappa shape index (κ2) is 6.33. The highest BCUT2D eigenvalue weighted by molar-refractivity contribution is 5.81. The minimum Gasteiger partial charge on any atom is -0.373 e. The van der Waals surface area contributed by atoms with Gasteiger partial charge in [0.15, 0.2) is 0 Å². The topological polar surface area (TPSA) is 67.6 Å². The molecule has 17 heavy (non-hydrogen) atoms. The van der Waals surface area contributed by atoms with E-state index < -0.39 is 0 Å². The summed E-state index contributed by atoms with van der Waals surface area (Å²) in [5.41, 5.74) is 5.55. The zero-order valence-electron chi connectivity index (χ0n) is 11.2. The summed E-state index contributed by atoms with van der Waals surface area (Å²) in [6, 6.07) is -0.379. The van der Waals surface area contributed by atoms with Crippen molar-refractivity contribution in [1.29, 1.82) is 0 Å². The van der Waals surface area contributed by atoms with Crippen molar-refractivity contribution in [3.63, 3.8) is 0 Å². The first-order valence-corrected chi connectivity index (χ1v) is 6.34. The Labute approximate surface area is 104 Å². The lowest BCUT2D eigenvalue weighted by atomic mass is 10.1. The molecule has 0 spiro atoms. The molecule has 1 aliphatic rings. The third-order valence-corrected chi connectivity index (χ3v) is 3.01. The van der Waals surface area contributed by atoms with Crippen LogP contribution >= 0.6 is 0 Å². The number of hydrogen-bond acceptors (Lipinski definition) is 4. The van der Waals surface area contributed by atoms with E-state index in [1.807, 2.05) is 6.92 Å². The minimum atomic E-state index is -0.379. The fraction of sp³-hybridized carbons (Fsp3) is 0.917. The van der Waals surface area contributed by atoms with E-state index in [0.29, 0.717) is 13.0 Å². The number of morpholine rings is 1. The first-order chi connectivity index (χ1) is 7.94. The molecule has 0 unspecified atom stereocenters. The Balaban J connectivity index is 2.20. The normalized spacial score (nSPS) is 22.1. The maximum absolute atomic E-state index is 11.5. The van der Waals surface area contributed by atoms with Crippen LogP contribution in [0, 0.1) is 0 Å². The number of hydrogen-bond donors (Lipinski definition) is 2. The number of ether oxygens (including phenoxy) is 1. The quantitative estimate of drug-likeness (QED) is 0.710. The van der Waals surface area contributed by atoms with E-state index in [-0.39, 0.29) is 17.6 Å². The molecule has 0 saturated carbocycles. The average Bonchev–Trinajstić information content (AvgIpc) is 2.26. The van der Waals surface area contributed by atoms with Gasteiger partial charge < -0.3 is 15.8 Å². The fourth-order valence-electron chi connectivity index (χ4n) is 1.96. The SMILES string of the molecule is CC[C@H](N)C(=O)NCCN1CCOC(C)(C)C1. The van der Waals surface area contributed by atoms with E-state index in [1.165, 1.54) is 0 Å². The van der Waals surface area contributed by atoms with Gasteiger partial charge in [-0.25, -0.2) is 0 Å². The van der Waals surface area contributed by atoms with Crippen molar-refractivity contribution < 1.29 is 9.53 Å². The minimum absolute atomic E-state index is 0.0555. The van der Waals surface area contributed by atoms with Crippen LogP contribution in [-0.4, -0.2) is 55.2 Å². The van der Waals surface area contributed by atoms with E-state index in [0.717, 1.165) is 26.2 Å². The van der Waals surface area contributed by atoms with E-state index in [9.17, 15) is 4.79 Å². The van der Waals surface area contributed by atoms with Crippen LogP contribution in [0.4, 0.5) is 0 Å². The van der Waals surface area contributed by atoms with E-state index >= 15 is 0 Å². The molecule has 1 atom stereocenters. The van der Waals surface area contributed by atoms with Gasteiger partial charge in [0.1, 0.15) is 0 Å². The molecule has 1 fully saturated rings. The summed E-state index contributed by atoms with van der Waals surface area (Å²) in [5.74, 6) is -0.0555. The fourth-order valence-corrected chi connectivity index (χ4v) is 1.96. The van der Waals surface area contributed by atoms with Crippen molar-refractivity contribution in [2.24, 2.45) is 5.73 Å². The van der Waals surface area contributed by atoms with Crippen LogP contribution in [-0.2, 0) is 9.53 Å². The molecule has 0 bridgehead atoms. The van der Waals surface area contributed by atoms with Gasteiger partial charge in [0.2, 0.25) is 5.91 Å². The van der Waals surface area contributed by atoms with Gasteiger partial charge in [-0.05, 0) is 20.3 Å². The number of amides is 1. The molecule has 100 valence electrons. The lowest BCUT2D eigenvalue weighted by Crippen LogP contribution is -2.51. The predicted molar refractivity (Wildman–Crippen MR) is 67.7 cm³/mol. The molecule has 0 aliphatic carbocycles. The summed E-state index contributed by atoms with van der Waals surface area (Å²) in [7, 11) is 0. The molecule has 5 heteroatoms. The lowest BCUT2D eigenvalue weighted by Gasteiger charge is -2.38. The Morgan fingerprint density at radius 3 is 2.88 bits per heavy atom. The van der Waals surface area contributed by atoms with Crippen LogP contribution in [0.25, 0.3) is 0 Å². The second-order valence-electron chi connectivity index (χ2n) is 5.19. The van der Waals surface area contributed by atoms with Crippen molar-refractivity contribution in [3.05, 3.63) is 0 Å². The molecule has 3 N–H and O–H groups in total. The Morgan fingerprint density at radius 1 is 1.59 bits per heavy atom. The van der Waals surface area contributed by atoms with Crippen molar-refractivity contribution in [3.8, 4) is 0 Å². The van der Waals surface area contributed by atoms with Gasteiger partial charge >= 0.3 is 0 Å². The maximum Gasteiger partial charge on any atom is 0.236 e. The van der Waals surface area contributed by atoms with Crippen LogP contribution in [0.5, 0.6) is 0 Å². The summed E-state index contributed by atoms with van der Waals surface area (Å²) in [6.07, 6.45) is 0.677. The van der Waals surface area contributed by atoms with Crippen molar-refractivity contribution >= 4 is 5.91 Å². The Morgan fingerprint density at radius 2 is 2.29 bits per heavy atom. The van der Waals surface area contributed by atoms with Crippen LogP contribution in [0.1, 0.15) is 27.2 Å². The molecule has 5 nitrogen and oxygen atoms in total. The van der Waals surface area contributed by atoms with Gasteiger partial charge in [0.25, 0.3) is 0 Å². The molecule has 1 aliphatic heterocycles. The van der Waals surface area contributed by atoms with Gasteiger partial charge in [-0.15, -0.1) is 0 Å². The molecule has 0 aromatic carbocycles. The molecule has 1 rings (SSSR count). The summed E-state index contributed by atoms with van der Waals surface area (Å²) in [5, 5.41) is 2.86. The van der Waals surface area contributed by atoms with E-state index in [4.69, 9.17) is 10.5 Å². The highest BCUT2D eigenvalue weighted by Crippen LogP contribution is 2.15. The Bertz CT molecular complexity index is 256. The second-order valence-corrected chi connectivity index (χ2v) is 5.19. The third kappa shape index (κ3) is 5.02. The van der Waals surface area contributed by atoms with Crippen LogP contribution in [0.2, 0.25) is 0 Å². The number of nitrogens with two attached hydrogens (primary N) is 1. The first-order valence-electron chi connectivity index (χ1n) is 6.34. The van der Waals surface area contributed by atoms with Crippen molar-refractivity contribution in [2.45, 2.75) is 38.8 Å². The standard InChI is InChI=1S/C12H25N3O2/c1-4-10(13)11(16)14-5-6-15-7-8-17-12(2,3)9-15/h10H,4-9,13H2,1-3H3,(H,14,16)/t10-/m0/s1. The molecular weight excluding hydrogens is 218 g/mol. The Kier molecular flexibility index (Phi) is 5.36. The summed E-state index contributed by atoms with van der Waals surface area (Å²) < 4.78 is 5.63. The number of nitrogens with zero attached hydrogens (tertiary/aromatic N) is 1. The summed E-state index contributed by atoms with van der Waals surface area (Å²) >= 11 is 0. The maximum atomic E-state index is 11.5. The lowest BCUT2D eigenvalue weighted by molar-refractivity contribution is -0.122. The number of rotatable bonds is 5. The monoisotopic (exact) mass is 243 g/mol. The molecule has 0 aromatic rings. The molecular formula is C12H25N3O2. The van der Waals surface area contributed by atoms with Crippen molar-refractivity contribution in [1.82, 2.24) is 10.2 Å². The first kappa shape index (κ1) is 14.4. The largest absolute Gasteiger partial charge is 0.373 e. The third-order valence-electron chi connectivity index (χ3n) is 3.01. The molecule has 1 amide bonds. The van der Waals surface area contributed by atoms with Gasteiger partial charge in [0, 0.05) is 26.2 Å². The van der Waals surface area contributed by atoms with Gasteiger partial charge in [-0.2, -0.15) is 0 Å². The number of nitrogens with one attached hydrogen (secondary N) is 1. The summed E-state index contributed by atoms with van der Waals surface area (Å²) in [6.45, 7) is 10.2. The smallest absolute Gasteiger partial charge is 0.236 e. The van der Waals surface area contributed by atoms with Crippen molar-refractivity contribution in [2.75, 3.05) is 32.8 Å².